The predicted molar refractivity (Wildman–Crippen MR) is 68.5 cm³/mol. The molecule has 1 N–H and O–H groups in total. The van der Waals surface area contributed by atoms with Gasteiger partial charge < -0.3 is 5.11 Å². The van der Waals surface area contributed by atoms with Gasteiger partial charge in [0, 0.05) is 16.1 Å². The van der Waals surface area contributed by atoms with E-state index in [1.165, 1.54) is 37.3 Å². The maximum absolute atomic E-state index is 13.9. The predicted octanol–water partition coefficient (Wildman–Crippen LogP) is 4.29. The summed E-state index contributed by atoms with van der Waals surface area (Å²) in [6.07, 6.45) is 0. The third-order valence-electron chi connectivity index (χ3n) is 2.78. The number of benzene rings is 2. The van der Waals surface area contributed by atoms with Crippen LogP contribution in [0.2, 0.25) is 5.02 Å². The summed E-state index contributed by atoms with van der Waals surface area (Å²) in [5.41, 5.74) is 0.223. The van der Waals surface area contributed by atoms with Gasteiger partial charge in [-0.15, -0.1) is 0 Å². The number of rotatable bonds is 2. The van der Waals surface area contributed by atoms with Crippen LogP contribution >= 0.6 is 11.6 Å². The van der Waals surface area contributed by atoms with Crippen LogP contribution in [-0.2, 0) is 0 Å². The van der Waals surface area contributed by atoms with Gasteiger partial charge in [-0.1, -0.05) is 23.7 Å². The van der Waals surface area contributed by atoms with Crippen molar-refractivity contribution in [2.24, 2.45) is 0 Å². The van der Waals surface area contributed by atoms with Crippen molar-refractivity contribution in [2.75, 3.05) is 0 Å². The maximum atomic E-state index is 13.9. The second-order valence-electron chi connectivity index (χ2n) is 4.06. The smallest absolute Gasteiger partial charge is 0.335 e. The van der Waals surface area contributed by atoms with Gasteiger partial charge in [-0.3, -0.25) is 0 Å². The number of hydrogen-bond acceptors (Lipinski definition) is 1. The van der Waals surface area contributed by atoms with Crippen molar-refractivity contribution in [3.8, 4) is 11.1 Å². The molecule has 0 spiro atoms. The minimum atomic E-state index is -1.16. The van der Waals surface area contributed by atoms with Gasteiger partial charge >= 0.3 is 5.97 Å². The van der Waals surface area contributed by atoms with Crippen molar-refractivity contribution < 1.29 is 18.7 Å². The van der Waals surface area contributed by atoms with Crippen LogP contribution in [0, 0.1) is 18.6 Å². The number of aryl methyl sites for hydroxylation is 1. The third kappa shape index (κ3) is 2.44. The van der Waals surface area contributed by atoms with Crippen LogP contribution in [0.3, 0.4) is 0 Å². The summed E-state index contributed by atoms with van der Waals surface area (Å²) < 4.78 is 27.4. The molecule has 0 unspecified atom stereocenters. The van der Waals surface area contributed by atoms with Crippen molar-refractivity contribution >= 4 is 17.6 Å². The Morgan fingerprint density at radius 3 is 2.42 bits per heavy atom. The van der Waals surface area contributed by atoms with E-state index in [-0.39, 0.29) is 27.3 Å². The fraction of sp³-hybridized carbons (Fsp3) is 0.0714. The highest BCUT2D eigenvalue weighted by Crippen LogP contribution is 2.32. The lowest BCUT2D eigenvalue weighted by Gasteiger charge is -2.09. The average Bonchev–Trinajstić information content (AvgIpc) is 2.37. The molecule has 0 radical (unpaired) electrons. The van der Waals surface area contributed by atoms with Crippen molar-refractivity contribution in [1.82, 2.24) is 0 Å². The second kappa shape index (κ2) is 4.97. The molecule has 19 heavy (non-hydrogen) atoms. The molecule has 0 atom stereocenters. The van der Waals surface area contributed by atoms with Gasteiger partial charge in [-0.2, -0.15) is 0 Å². The highest BCUT2D eigenvalue weighted by Gasteiger charge is 2.16. The molecule has 0 saturated carbocycles. The minimum absolute atomic E-state index is 0.0419. The summed E-state index contributed by atoms with van der Waals surface area (Å²) in [6, 6.07) is 6.66. The molecule has 2 rings (SSSR count). The van der Waals surface area contributed by atoms with Gasteiger partial charge in [0.1, 0.15) is 0 Å². The first-order valence-corrected chi connectivity index (χ1v) is 5.77. The normalized spacial score (nSPS) is 10.5. The lowest BCUT2D eigenvalue weighted by molar-refractivity contribution is 0.0697. The molecule has 2 aromatic rings. The molecule has 0 heterocycles. The molecule has 0 aromatic heterocycles. The molecule has 2 aromatic carbocycles. The molecule has 0 aliphatic heterocycles. The molecule has 0 aliphatic rings. The zero-order chi connectivity index (χ0) is 14.2. The molecule has 0 bridgehead atoms. The SMILES string of the molecule is Cc1ccc(-c2cc(C(=O)O)ccc2Cl)c(F)c1F. The van der Waals surface area contributed by atoms with E-state index in [9.17, 15) is 13.6 Å². The standard InChI is InChI=1S/C14H9ClF2O2/c1-7-2-4-9(13(17)12(7)16)10-6-8(14(18)19)3-5-11(10)15/h2-6H,1H3,(H,18,19). The first-order valence-electron chi connectivity index (χ1n) is 5.39. The molecular weight excluding hydrogens is 274 g/mol. The molecule has 0 amide bonds. The van der Waals surface area contributed by atoms with Gasteiger partial charge in [0.05, 0.1) is 5.56 Å². The summed E-state index contributed by atoms with van der Waals surface area (Å²) in [7, 11) is 0. The van der Waals surface area contributed by atoms with Crippen LogP contribution in [0.4, 0.5) is 8.78 Å². The van der Waals surface area contributed by atoms with Crippen LogP contribution in [0.25, 0.3) is 11.1 Å². The lowest BCUT2D eigenvalue weighted by atomic mass is 10.0. The van der Waals surface area contributed by atoms with E-state index < -0.39 is 17.6 Å². The molecule has 5 heteroatoms. The summed E-state index contributed by atoms with van der Waals surface area (Å²) in [5.74, 6) is -3.16. The van der Waals surface area contributed by atoms with E-state index in [0.717, 1.165) is 0 Å². The largest absolute Gasteiger partial charge is 0.478 e. The van der Waals surface area contributed by atoms with Crippen LogP contribution in [-0.4, -0.2) is 11.1 Å². The van der Waals surface area contributed by atoms with Gasteiger partial charge in [0.2, 0.25) is 0 Å². The number of halogens is 3. The second-order valence-corrected chi connectivity index (χ2v) is 4.46. The number of aromatic carboxylic acids is 1. The van der Waals surface area contributed by atoms with Crippen LogP contribution in [0.15, 0.2) is 30.3 Å². The highest BCUT2D eigenvalue weighted by atomic mass is 35.5. The van der Waals surface area contributed by atoms with Crippen LogP contribution < -0.4 is 0 Å². The van der Waals surface area contributed by atoms with Crippen molar-refractivity contribution in [1.29, 1.82) is 0 Å². The first-order chi connectivity index (χ1) is 8.91. The summed E-state index contributed by atoms with van der Waals surface area (Å²) in [6.45, 7) is 1.44. The topological polar surface area (TPSA) is 37.3 Å². The summed E-state index contributed by atoms with van der Waals surface area (Å²) >= 11 is 5.92. The minimum Gasteiger partial charge on any atom is -0.478 e. The maximum Gasteiger partial charge on any atom is 0.335 e. The number of carbonyl (C=O) groups is 1. The van der Waals surface area contributed by atoms with Gasteiger partial charge in [0.25, 0.3) is 0 Å². The fourth-order valence-electron chi connectivity index (χ4n) is 1.72. The Morgan fingerprint density at radius 1 is 1.11 bits per heavy atom. The van der Waals surface area contributed by atoms with E-state index in [2.05, 4.69) is 0 Å². The molecule has 2 nitrogen and oxygen atoms in total. The van der Waals surface area contributed by atoms with Crippen LogP contribution in [0.5, 0.6) is 0 Å². The Balaban J connectivity index is 2.68. The number of hydrogen-bond donors (Lipinski definition) is 1. The van der Waals surface area contributed by atoms with Gasteiger partial charge in [-0.05, 0) is 30.7 Å². The Hall–Kier alpha value is -1.94. The molecule has 98 valence electrons. The molecule has 0 aliphatic carbocycles. The van der Waals surface area contributed by atoms with Gasteiger partial charge in [-0.25, -0.2) is 13.6 Å². The highest BCUT2D eigenvalue weighted by molar-refractivity contribution is 6.33. The monoisotopic (exact) mass is 282 g/mol. The Kier molecular flexibility index (Phi) is 3.53. The molecule has 0 saturated heterocycles. The van der Waals surface area contributed by atoms with Crippen molar-refractivity contribution in [3.05, 3.63) is 58.1 Å². The third-order valence-corrected chi connectivity index (χ3v) is 3.11. The average molecular weight is 283 g/mol. The first kappa shape index (κ1) is 13.5. The van der Waals surface area contributed by atoms with E-state index in [4.69, 9.17) is 16.7 Å². The van der Waals surface area contributed by atoms with Gasteiger partial charge in [0.15, 0.2) is 11.6 Å². The van der Waals surface area contributed by atoms with E-state index >= 15 is 0 Å². The lowest BCUT2D eigenvalue weighted by Crippen LogP contribution is -1.98. The van der Waals surface area contributed by atoms with E-state index in [1.807, 2.05) is 0 Å². The fourth-order valence-corrected chi connectivity index (χ4v) is 1.94. The summed E-state index contributed by atoms with van der Waals surface area (Å²) in [4.78, 5) is 10.9. The number of carboxylic acids is 1. The van der Waals surface area contributed by atoms with Crippen molar-refractivity contribution in [2.45, 2.75) is 6.92 Å². The van der Waals surface area contributed by atoms with E-state index in [0.29, 0.717) is 0 Å². The van der Waals surface area contributed by atoms with Crippen LogP contribution in [0.1, 0.15) is 15.9 Å². The van der Waals surface area contributed by atoms with Crippen molar-refractivity contribution in [3.63, 3.8) is 0 Å². The summed E-state index contributed by atoms with van der Waals surface area (Å²) in [5, 5.41) is 9.06. The molecular formula is C14H9ClF2O2. The number of carboxylic acid groups (broad SMARTS) is 1. The zero-order valence-corrected chi connectivity index (χ0v) is 10.6. The molecule has 0 fully saturated rings. The zero-order valence-electron chi connectivity index (χ0n) is 9.88. The van der Waals surface area contributed by atoms with E-state index in [1.54, 1.807) is 0 Å². The Morgan fingerprint density at radius 2 is 1.79 bits per heavy atom. The Bertz CT molecular complexity index is 669. The quantitative estimate of drug-likeness (QED) is 0.892. The Labute approximate surface area is 113 Å².